The topological polar surface area (TPSA) is 34.8 Å². The third-order valence-electron chi connectivity index (χ3n) is 9.39. The van der Waals surface area contributed by atoms with Crippen LogP contribution in [0.2, 0.25) is 0 Å². The van der Waals surface area contributed by atoms with Crippen molar-refractivity contribution in [3.05, 3.63) is 120 Å². The molecule has 3 heterocycles. The van der Waals surface area contributed by atoms with Crippen molar-refractivity contribution in [2.24, 2.45) is 14.1 Å². The highest BCUT2D eigenvalue weighted by Crippen LogP contribution is 2.41. The molecule has 5 nitrogen and oxygen atoms in total. The molecule has 4 aromatic carbocycles. The Morgan fingerprint density at radius 3 is 2.19 bits per heavy atom. The lowest BCUT2D eigenvalue weighted by atomic mass is 9.92. The fourth-order valence-electron chi connectivity index (χ4n) is 6.86. The van der Waals surface area contributed by atoms with Gasteiger partial charge in [0.05, 0.1) is 17.2 Å². The minimum atomic E-state index is 0.370. The number of pyridine rings is 1. The van der Waals surface area contributed by atoms with Gasteiger partial charge in [-0.15, -0.1) is 16.0 Å². The highest BCUT2D eigenvalue weighted by molar-refractivity contribution is 7.26. The Hall–Kier alpha value is -4.81. The largest absolute Gasteiger partial charge is 0.405 e. The van der Waals surface area contributed by atoms with Crippen LogP contribution in [-0.2, 0) is 14.1 Å². The summed E-state index contributed by atoms with van der Waals surface area (Å²) in [6.45, 7) is 13.4. The van der Waals surface area contributed by atoms with Crippen LogP contribution >= 0.6 is 11.3 Å². The van der Waals surface area contributed by atoms with Gasteiger partial charge in [0.2, 0.25) is 12.0 Å². The first kappa shape index (κ1) is 30.8. The van der Waals surface area contributed by atoms with E-state index >= 15 is 0 Å². The van der Waals surface area contributed by atoms with Crippen LogP contribution in [0.4, 0.5) is 0 Å². The summed E-state index contributed by atoms with van der Waals surface area (Å²) in [5, 5.41) is 7.37. The Balaban J connectivity index is 1.33. The van der Waals surface area contributed by atoms with E-state index in [0.29, 0.717) is 11.8 Å². The van der Waals surface area contributed by atoms with Gasteiger partial charge in [0.25, 0.3) is 0 Å². The molecule has 236 valence electrons. The van der Waals surface area contributed by atoms with E-state index in [-0.39, 0.29) is 0 Å². The molecule has 0 bridgehead atoms. The molecular formula is C41H42N4OS+2. The number of hydrogen-bond donors (Lipinski definition) is 0. The number of benzene rings is 4. The molecule has 0 unspecified atom stereocenters. The van der Waals surface area contributed by atoms with Gasteiger partial charge in [0, 0.05) is 42.9 Å². The number of para-hydroxylation sites is 1. The van der Waals surface area contributed by atoms with Crippen LogP contribution < -0.4 is 14.0 Å². The monoisotopic (exact) mass is 638 g/mol. The van der Waals surface area contributed by atoms with Crippen molar-refractivity contribution in [3.63, 3.8) is 0 Å². The molecule has 3 aromatic heterocycles. The van der Waals surface area contributed by atoms with Gasteiger partial charge in [-0.2, -0.15) is 9.13 Å². The number of nitrogens with zero attached hydrogens (tertiary/aromatic N) is 4. The molecule has 0 spiro atoms. The van der Waals surface area contributed by atoms with Gasteiger partial charge in [-0.05, 0) is 60.6 Å². The van der Waals surface area contributed by atoms with Gasteiger partial charge >= 0.3 is 11.7 Å². The van der Waals surface area contributed by atoms with Crippen molar-refractivity contribution >= 4 is 31.5 Å². The molecule has 6 heteroatoms. The summed E-state index contributed by atoms with van der Waals surface area (Å²) >= 11 is 1.86. The Kier molecular flexibility index (Phi) is 7.93. The van der Waals surface area contributed by atoms with Crippen LogP contribution in [0.1, 0.15) is 61.8 Å². The molecule has 0 radical (unpaired) electrons. The first-order valence-corrected chi connectivity index (χ1v) is 17.2. The maximum atomic E-state index is 6.79. The smallest absolute Gasteiger partial charge is 0.373 e. The molecule has 0 aliphatic rings. The lowest BCUT2D eigenvalue weighted by Gasteiger charge is -2.18. The second kappa shape index (κ2) is 12.1. The predicted molar refractivity (Wildman–Crippen MR) is 194 cm³/mol. The van der Waals surface area contributed by atoms with E-state index in [9.17, 15) is 0 Å². The van der Waals surface area contributed by atoms with Crippen molar-refractivity contribution in [3.8, 4) is 40.0 Å². The molecule has 0 aliphatic carbocycles. The lowest BCUT2D eigenvalue weighted by Crippen LogP contribution is -2.33. The Labute approximate surface area is 281 Å². The normalized spacial score (nSPS) is 11.8. The van der Waals surface area contributed by atoms with Gasteiger partial charge in [-0.3, -0.25) is 0 Å². The number of thiophene rings is 1. The van der Waals surface area contributed by atoms with Crippen LogP contribution in [0.25, 0.3) is 48.5 Å². The number of ether oxygens (including phenoxy) is 1. The van der Waals surface area contributed by atoms with Crippen LogP contribution in [-0.4, -0.2) is 9.67 Å². The van der Waals surface area contributed by atoms with Crippen molar-refractivity contribution in [1.82, 2.24) is 9.67 Å². The van der Waals surface area contributed by atoms with Crippen molar-refractivity contribution < 1.29 is 14.0 Å². The number of fused-ring (bicyclic) bond motifs is 3. The second-order valence-electron chi connectivity index (χ2n) is 13.1. The van der Waals surface area contributed by atoms with E-state index in [4.69, 9.17) is 9.84 Å². The molecule has 7 aromatic rings. The quantitative estimate of drug-likeness (QED) is 0.163. The first-order valence-electron chi connectivity index (χ1n) is 16.4. The van der Waals surface area contributed by atoms with Gasteiger partial charge in [0.15, 0.2) is 0 Å². The number of aromatic nitrogens is 4. The van der Waals surface area contributed by atoms with Gasteiger partial charge in [-0.25, -0.2) is 0 Å². The zero-order chi connectivity index (χ0) is 33.0. The fraction of sp³-hybridized carbons (Fsp3) is 0.244. The van der Waals surface area contributed by atoms with Crippen molar-refractivity contribution in [2.45, 2.75) is 53.4 Å². The van der Waals surface area contributed by atoms with Gasteiger partial charge < -0.3 is 4.74 Å². The van der Waals surface area contributed by atoms with Gasteiger partial charge in [0.1, 0.15) is 25.5 Å². The van der Waals surface area contributed by atoms with Crippen LogP contribution in [0.5, 0.6) is 11.6 Å². The van der Waals surface area contributed by atoms with E-state index in [1.165, 1.54) is 48.1 Å². The SMILES string of the molecule is Cc1ccc2c(sc3ccccc32)c1-c1cccc(Oc2cccc(-c3n(-c4c(C(C)C)cccc4C(C)C)cn[n+]3C)c2C)[n+]1C. The predicted octanol–water partition coefficient (Wildman–Crippen LogP) is 9.88. The number of rotatable bonds is 7. The summed E-state index contributed by atoms with van der Waals surface area (Å²) in [6.07, 6.45) is 1.95. The minimum absolute atomic E-state index is 0.370. The molecule has 0 fully saturated rings. The van der Waals surface area contributed by atoms with E-state index in [1.807, 2.05) is 35.5 Å². The second-order valence-corrected chi connectivity index (χ2v) is 14.2. The van der Waals surface area contributed by atoms with Crippen LogP contribution in [0.15, 0.2) is 97.3 Å². The third-order valence-corrected chi connectivity index (χ3v) is 10.6. The van der Waals surface area contributed by atoms with Crippen LogP contribution in [0.3, 0.4) is 0 Å². The van der Waals surface area contributed by atoms with Gasteiger partial charge in [-0.1, -0.05) is 82.3 Å². The summed E-state index contributed by atoms with van der Waals surface area (Å²) in [5.74, 6) is 3.36. The minimum Gasteiger partial charge on any atom is -0.405 e. The zero-order valence-corrected chi connectivity index (χ0v) is 29.3. The maximum Gasteiger partial charge on any atom is 0.373 e. The lowest BCUT2D eigenvalue weighted by molar-refractivity contribution is -0.717. The number of hydrogen-bond acceptors (Lipinski definition) is 3. The summed E-state index contributed by atoms with van der Waals surface area (Å²) in [6, 6.07) is 32.5. The van der Waals surface area contributed by atoms with Crippen molar-refractivity contribution in [1.29, 1.82) is 0 Å². The number of aryl methyl sites for hydroxylation is 2. The average molecular weight is 639 g/mol. The molecule has 47 heavy (non-hydrogen) atoms. The summed E-state index contributed by atoms with van der Waals surface area (Å²) < 4.78 is 15.8. The summed E-state index contributed by atoms with van der Waals surface area (Å²) in [5.41, 5.74) is 9.62. The molecule has 0 atom stereocenters. The molecular weight excluding hydrogens is 597 g/mol. The molecule has 0 aliphatic heterocycles. The average Bonchev–Trinajstić information content (AvgIpc) is 3.62. The summed E-state index contributed by atoms with van der Waals surface area (Å²) in [4.78, 5) is 0. The Morgan fingerprint density at radius 1 is 0.745 bits per heavy atom. The molecule has 0 saturated carbocycles. The molecule has 0 amide bonds. The zero-order valence-electron chi connectivity index (χ0n) is 28.5. The molecule has 0 saturated heterocycles. The summed E-state index contributed by atoms with van der Waals surface area (Å²) in [7, 11) is 4.12. The van der Waals surface area contributed by atoms with Crippen molar-refractivity contribution in [2.75, 3.05) is 0 Å². The highest BCUT2D eigenvalue weighted by Gasteiger charge is 2.29. The van der Waals surface area contributed by atoms with Crippen LogP contribution in [0, 0.1) is 13.8 Å². The standard InChI is InChI=1S/C41H42N4OS/c1-25(2)29-15-11-16-30(26(3)4)39(29)45-24-42-44(8)41(45)31-17-12-19-35(28(31)6)46-37-21-13-18-34(43(37)7)38-27(5)22-23-33-32-14-9-10-20-36(32)47-40(33)38/h9-26H,1-8H3/q+2. The highest BCUT2D eigenvalue weighted by atomic mass is 32.1. The Morgan fingerprint density at radius 2 is 1.45 bits per heavy atom. The van der Waals surface area contributed by atoms with E-state index in [1.54, 1.807) is 0 Å². The molecule has 0 N–H and O–H groups in total. The maximum absolute atomic E-state index is 6.79. The Bertz CT molecular complexity index is 2270. The van der Waals surface area contributed by atoms with E-state index in [2.05, 4.69) is 143 Å². The van der Waals surface area contributed by atoms with E-state index < -0.39 is 0 Å². The third kappa shape index (κ3) is 5.21. The first-order chi connectivity index (χ1) is 22.7. The molecule has 7 rings (SSSR count). The van der Waals surface area contributed by atoms with E-state index in [0.717, 1.165) is 34.3 Å². The fourth-order valence-corrected chi connectivity index (χ4v) is 8.17.